The van der Waals surface area contributed by atoms with Gasteiger partial charge in [0, 0.05) is 30.1 Å². The molecule has 2 aliphatic heterocycles. The number of nitrogens with one attached hydrogen (secondary N) is 11. The molecule has 84 heavy (non-hydrogen) atoms. The summed E-state index contributed by atoms with van der Waals surface area (Å²) < 4.78 is 48.1. The fourth-order valence-electron chi connectivity index (χ4n) is 7.61. The molecule has 2 aromatic heterocycles. The second-order valence-corrected chi connectivity index (χ2v) is 18.8. The fraction of sp³-hybridized carbons (Fsp3) is 0.531. The average Bonchev–Trinajstić information content (AvgIpc) is 3.67. The van der Waals surface area contributed by atoms with Crippen molar-refractivity contribution in [2.75, 3.05) is 57.5 Å². The molecule has 12 unspecified atom stereocenters. The summed E-state index contributed by atoms with van der Waals surface area (Å²) in [6.07, 6.45) is -11.0. The Labute approximate surface area is 475 Å². The molecule has 2 fully saturated rings. The minimum atomic E-state index is -1.73. The van der Waals surface area contributed by atoms with Gasteiger partial charge in [-0.1, -0.05) is 6.92 Å². The monoisotopic (exact) mass is 1200 g/mol. The van der Waals surface area contributed by atoms with Gasteiger partial charge in [-0.25, -0.2) is 9.97 Å². The lowest BCUT2D eigenvalue weighted by Gasteiger charge is -2.41. The number of amides is 7. The van der Waals surface area contributed by atoms with E-state index < -0.39 is 157 Å². The Morgan fingerprint density at radius 3 is 1.54 bits per heavy atom. The normalized spacial score (nSPS) is 22.4. The molecule has 4 heterocycles. The van der Waals surface area contributed by atoms with Crippen molar-refractivity contribution >= 4 is 64.3 Å². The first-order chi connectivity index (χ1) is 39.7. The lowest BCUT2D eigenvalue weighted by molar-refractivity contribution is -0.246. The first-order valence-electron chi connectivity index (χ1n) is 25.6. The molecule has 16 N–H and O–H groups in total. The molecule has 0 aliphatic carbocycles. The quantitative estimate of drug-likeness (QED) is 0.0337. The predicted octanol–water partition coefficient (Wildman–Crippen LogP) is -6.46. The number of anilines is 2. The summed E-state index contributed by atoms with van der Waals surface area (Å²) in [6.45, 7) is 2.20. The highest BCUT2D eigenvalue weighted by atomic mass is 19.1. The van der Waals surface area contributed by atoms with Gasteiger partial charge in [-0.15, -0.1) is 0 Å². The Bertz CT molecular complexity index is 2900. The molecule has 1 aromatic carbocycles. The molecule has 12 atom stereocenters. The highest BCUT2D eigenvalue weighted by molar-refractivity contribution is 5.97. The van der Waals surface area contributed by atoms with Crippen LogP contribution >= 0.6 is 0 Å². The van der Waals surface area contributed by atoms with Gasteiger partial charge >= 0.3 is 0 Å². The Kier molecular flexibility index (Phi) is 26.9. The molecule has 2 aliphatic rings. The molecular weight excluding hydrogens is 1130 g/mol. The molecule has 0 radical (unpaired) electrons. The topological polar surface area (TPSA) is 491 Å². The van der Waals surface area contributed by atoms with Gasteiger partial charge in [0.25, 0.3) is 29.0 Å². The number of Topliss-reactive ketones (excluding diaryl/α,β-unsaturated/α-hetero) is 2. The van der Waals surface area contributed by atoms with Crippen LogP contribution in [0.4, 0.5) is 20.2 Å². The minimum Gasteiger partial charge on any atom is -0.434 e. The predicted molar refractivity (Wildman–Crippen MR) is 282 cm³/mol. The number of rotatable bonds is 27. The average molecular weight is 1200 g/mol. The van der Waals surface area contributed by atoms with Crippen molar-refractivity contribution in [1.29, 1.82) is 0 Å². The highest BCUT2D eigenvalue weighted by Crippen LogP contribution is 2.28. The van der Waals surface area contributed by atoms with Crippen molar-refractivity contribution in [3.8, 4) is 12.0 Å². The summed E-state index contributed by atoms with van der Waals surface area (Å²) in [5, 5.41) is 73.6. The molecule has 35 heteroatoms. The summed E-state index contributed by atoms with van der Waals surface area (Å²) in [5.41, 5.74) is -1.69. The Morgan fingerprint density at radius 2 is 1.08 bits per heavy atom. The standard InChI is InChI=1S/C28H36FN7O10.C21H31FN6O10/c1-13(37)10-31-19(38)9-8-18(30-3)25(43)32-12-20(39)34-15-4-6-16(7-5-15)35-26(44)23-22(41)21(40)14(2)27(45-23)46-28-33-11-17(29)24(42)36-28;1-9(30)5-24-13(31)4-3-11(23-2)19(36)25-7-14(32)27-15-17(34)16(33)12(8-29)37-20(15)38-21-26-6-10(22)18(35)28-21/h4-7,11,14,18,21-23,27,30,40-41H,8-10,12H2,1-3H3,(H,31,38)(H,32,43)(H,34,39)(H,35,44)(H,33,36,42);6,11-12,15-17,20,23,29,33-34H,3-5,7-8H2,1-2H3,(H,24,31)(H,25,36)(H,27,32)(H,26,28,35). The number of carbonyl (C=O) groups excluding carboxylic acids is 9. The number of aliphatic hydroxyl groups excluding tert-OH is 5. The third-order valence-electron chi connectivity index (χ3n) is 12.3. The number of aromatic amines is 2. The molecule has 2 saturated heterocycles. The van der Waals surface area contributed by atoms with Crippen molar-refractivity contribution in [2.45, 2.75) is 114 Å². The van der Waals surface area contributed by atoms with Crippen molar-refractivity contribution in [1.82, 2.24) is 57.2 Å². The summed E-state index contributed by atoms with van der Waals surface area (Å²) >= 11 is 0. The number of hydrogen-bond donors (Lipinski definition) is 16. The van der Waals surface area contributed by atoms with Crippen molar-refractivity contribution in [3.63, 3.8) is 0 Å². The van der Waals surface area contributed by atoms with Crippen LogP contribution in [-0.2, 0) is 52.6 Å². The number of hydrogen-bond acceptors (Lipinski definition) is 24. The number of likely N-dealkylation sites (N-methyl/N-ethyl adjacent to an activating group) is 2. The van der Waals surface area contributed by atoms with Gasteiger partial charge < -0.3 is 92.3 Å². The van der Waals surface area contributed by atoms with Gasteiger partial charge in [0.1, 0.15) is 42.0 Å². The van der Waals surface area contributed by atoms with Crippen molar-refractivity contribution < 1.29 is 96.4 Å². The van der Waals surface area contributed by atoms with E-state index in [0.29, 0.717) is 18.1 Å². The smallest absolute Gasteiger partial charge is 0.298 e. The molecular formula is C49H67F2N13O20. The van der Waals surface area contributed by atoms with E-state index in [-0.39, 0.29) is 68.5 Å². The van der Waals surface area contributed by atoms with E-state index in [0.717, 1.165) is 0 Å². The maximum atomic E-state index is 13.2. The number of ether oxygens (including phenoxy) is 4. The Hall–Kier alpha value is -8.29. The van der Waals surface area contributed by atoms with E-state index in [1.54, 1.807) is 0 Å². The van der Waals surface area contributed by atoms with Gasteiger partial charge in [-0.2, -0.15) is 8.78 Å². The highest BCUT2D eigenvalue weighted by Gasteiger charge is 2.48. The first-order valence-corrected chi connectivity index (χ1v) is 25.6. The number of carbonyl (C=O) groups is 9. The second-order valence-electron chi connectivity index (χ2n) is 18.8. The van der Waals surface area contributed by atoms with Crippen LogP contribution in [0, 0.1) is 17.6 Å². The van der Waals surface area contributed by atoms with Gasteiger partial charge in [-0.3, -0.25) is 62.7 Å². The fourth-order valence-corrected chi connectivity index (χ4v) is 7.61. The van der Waals surface area contributed by atoms with E-state index in [4.69, 9.17) is 18.9 Å². The number of halogens is 2. The first kappa shape index (κ1) is 68.2. The van der Waals surface area contributed by atoms with Crippen LogP contribution in [0.3, 0.4) is 0 Å². The Balaban J connectivity index is 0.000000367. The summed E-state index contributed by atoms with van der Waals surface area (Å²) in [5.74, 6) is -7.82. The molecule has 0 saturated carbocycles. The van der Waals surface area contributed by atoms with Gasteiger partial charge in [-0.05, 0) is 65.0 Å². The molecule has 3 aromatic rings. The van der Waals surface area contributed by atoms with E-state index in [2.05, 4.69) is 57.8 Å². The molecule has 0 bridgehead atoms. The lowest BCUT2D eigenvalue weighted by Crippen LogP contribution is -2.66. The largest absolute Gasteiger partial charge is 0.434 e. The third-order valence-corrected chi connectivity index (χ3v) is 12.3. The third kappa shape index (κ3) is 21.2. The summed E-state index contributed by atoms with van der Waals surface area (Å²) in [7, 11) is 3.00. The Morgan fingerprint density at radius 1 is 0.619 bits per heavy atom. The van der Waals surface area contributed by atoms with Crippen LogP contribution in [0.15, 0.2) is 46.2 Å². The number of benzene rings is 1. The number of aliphatic hydroxyl groups is 5. The van der Waals surface area contributed by atoms with Crippen LogP contribution in [0.1, 0.15) is 46.5 Å². The van der Waals surface area contributed by atoms with E-state index in [1.807, 2.05) is 9.97 Å². The minimum absolute atomic E-state index is 0.00326. The zero-order valence-electron chi connectivity index (χ0n) is 45.8. The zero-order valence-corrected chi connectivity index (χ0v) is 45.8. The number of ketones is 2. The molecule has 5 rings (SSSR count). The number of aromatic nitrogens is 4. The van der Waals surface area contributed by atoms with Crippen LogP contribution in [0.5, 0.6) is 12.0 Å². The summed E-state index contributed by atoms with van der Waals surface area (Å²) in [4.78, 5) is 142. The van der Waals surface area contributed by atoms with Crippen LogP contribution in [0.25, 0.3) is 0 Å². The number of nitrogens with zero attached hydrogens (tertiary/aromatic N) is 2. The van der Waals surface area contributed by atoms with Crippen molar-refractivity contribution in [3.05, 3.63) is 69.0 Å². The van der Waals surface area contributed by atoms with Gasteiger partial charge in [0.05, 0.1) is 63.4 Å². The van der Waals surface area contributed by atoms with Gasteiger partial charge in [0.15, 0.2) is 6.10 Å². The second kappa shape index (κ2) is 33.1. The van der Waals surface area contributed by atoms with Gasteiger partial charge in [0.2, 0.25) is 59.7 Å². The van der Waals surface area contributed by atoms with Crippen LogP contribution in [0.2, 0.25) is 0 Å². The molecule has 462 valence electrons. The van der Waals surface area contributed by atoms with Crippen LogP contribution in [-0.4, -0.2) is 213 Å². The van der Waals surface area contributed by atoms with Crippen LogP contribution < -0.4 is 68.4 Å². The molecule has 0 spiro atoms. The maximum Gasteiger partial charge on any atom is 0.298 e. The maximum absolute atomic E-state index is 13.2. The SMILES string of the molecule is CNC(CCC(=O)NCC(C)=O)C(=O)NCC(=O)NC1C(Oc2ncc(F)c(=O)[nH]2)OC(CO)C(O)C1O.CNC(CCC(=O)NCC(C)=O)C(=O)NCC(=O)Nc1ccc(NC(=O)C2OC(Oc3ncc(F)c(=O)[nH]3)C(C)C(O)C2O)cc1. The zero-order chi connectivity index (χ0) is 62.4. The lowest BCUT2D eigenvalue weighted by atomic mass is 9.92. The van der Waals surface area contributed by atoms with E-state index in [1.165, 1.54) is 59.1 Å². The van der Waals surface area contributed by atoms with Crippen molar-refractivity contribution in [2.24, 2.45) is 5.92 Å². The van der Waals surface area contributed by atoms with E-state index >= 15 is 0 Å². The molecule has 33 nitrogen and oxygen atoms in total. The van der Waals surface area contributed by atoms with E-state index in [9.17, 15) is 87.1 Å². The summed E-state index contributed by atoms with van der Waals surface area (Å²) in [6, 6.07) is 1.78. The number of H-pyrrole nitrogens is 2. The molecule has 7 amide bonds.